The highest BCUT2D eigenvalue weighted by Gasteiger charge is 2.29. The maximum Gasteiger partial charge on any atom is 0.309 e. The maximum absolute atomic E-state index is 13.6. The molecule has 1 fully saturated rings. The van der Waals surface area contributed by atoms with E-state index < -0.39 is 11.7 Å². The van der Waals surface area contributed by atoms with Gasteiger partial charge in [-0.3, -0.25) is 14.4 Å². The predicted octanol–water partition coefficient (Wildman–Crippen LogP) is 2.01. The van der Waals surface area contributed by atoms with Crippen LogP contribution >= 0.6 is 0 Å². The van der Waals surface area contributed by atoms with E-state index >= 15 is 0 Å². The van der Waals surface area contributed by atoms with Gasteiger partial charge in [0.15, 0.2) is 0 Å². The van der Waals surface area contributed by atoms with Crippen molar-refractivity contribution < 1.29 is 23.5 Å². The molecule has 0 radical (unpaired) electrons. The van der Waals surface area contributed by atoms with Crippen LogP contribution < -0.4 is 0 Å². The first-order valence-electron chi connectivity index (χ1n) is 8.79. The number of hydrogen-bond donors (Lipinski definition) is 0. The Kier molecular flexibility index (Phi) is 6.71. The number of esters is 1. The van der Waals surface area contributed by atoms with Gasteiger partial charge in [0.1, 0.15) is 5.82 Å². The molecule has 1 heterocycles. The molecule has 0 atom stereocenters. The molecule has 1 aromatic carbocycles. The number of amides is 2. The van der Waals surface area contributed by atoms with E-state index in [1.54, 1.807) is 30.9 Å². The maximum atomic E-state index is 13.6. The molecule has 142 valence electrons. The van der Waals surface area contributed by atoms with E-state index in [-0.39, 0.29) is 29.9 Å². The van der Waals surface area contributed by atoms with Crippen LogP contribution in [0.25, 0.3) is 0 Å². The molecule has 0 N–H and O–H groups in total. The van der Waals surface area contributed by atoms with Crippen LogP contribution in [0, 0.1) is 18.7 Å². The summed E-state index contributed by atoms with van der Waals surface area (Å²) in [5.74, 6) is -1.42. The van der Waals surface area contributed by atoms with Gasteiger partial charge in [-0.25, -0.2) is 4.39 Å². The Morgan fingerprint density at radius 2 is 1.92 bits per heavy atom. The number of ether oxygens (including phenoxy) is 1. The summed E-state index contributed by atoms with van der Waals surface area (Å²) in [6.07, 6.45) is 1.12. The fourth-order valence-electron chi connectivity index (χ4n) is 2.95. The van der Waals surface area contributed by atoms with Gasteiger partial charge in [-0.1, -0.05) is 6.07 Å². The van der Waals surface area contributed by atoms with Crippen LogP contribution in [-0.4, -0.2) is 60.9 Å². The first kappa shape index (κ1) is 19.9. The lowest BCUT2D eigenvalue weighted by atomic mass is 9.97. The van der Waals surface area contributed by atoms with Crippen molar-refractivity contribution in [2.45, 2.75) is 26.7 Å². The number of rotatable bonds is 5. The van der Waals surface area contributed by atoms with E-state index in [0.29, 0.717) is 38.1 Å². The van der Waals surface area contributed by atoms with Crippen LogP contribution in [0.4, 0.5) is 4.39 Å². The van der Waals surface area contributed by atoms with Gasteiger partial charge in [-0.2, -0.15) is 0 Å². The molecular formula is C19H25FN2O4. The van der Waals surface area contributed by atoms with Gasteiger partial charge >= 0.3 is 5.97 Å². The zero-order valence-electron chi connectivity index (χ0n) is 15.5. The van der Waals surface area contributed by atoms with Crippen LogP contribution in [0.15, 0.2) is 18.2 Å². The Labute approximate surface area is 152 Å². The Morgan fingerprint density at radius 1 is 1.27 bits per heavy atom. The molecule has 0 saturated carbocycles. The zero-order valence-corrected chi connectivity index (χ0v) is 15.5. The molecule has 1 saturated heterocycles. The van der Waals surface area contributed by atoms with Gasteiger partial charge in [0, 0.05) is 25.7 Å². The Hall–Kier alpha value is -2.44. The Balaban J connectivity index is 1.88. The summed E-state index contributed by atoms with van der Waals surface area (Å²) in [5.41, 5.74) is 0.675. The van der Waals surface area contributed by atoms with Crippen molar-refractivity contribution >= 4 is 17.8 Å². The van der Waals surface area contributed by atoms with Crippen LogP contribution in [-0.2, 0) is 14.3 Å². The quantitative estimate of drug-likeness (QED) is 0.750. The molecule has 1 aromatic rings. The van der Waals surface area contributed by atoms with Crippen molar-refractivity contribution in [3.05, 3.63) is 35.1 Å². The number of benzene rings is 1. The van der Waals surface area contributed by atoms with Gasteiger partial charge in [0.25, 0.3) is 5.91 Å². The van der Waals surface area contributed by atoms with Crippen molar-refractivity contribution in [2.75, 3.05) is 33.3 Å². The average Bonchev–Trinajstić information content (AvgIpc) is 2.63. The van der Waals surface area contributed by atoms with Crippen molar-refractivity contribution in [2.24, 2.45) is 5.92 Å². The van der Waals surface area contributed by atoms with Gasteiger partial charge in [0.05, 0.1) is 19.1 Å². The summed E-state index contributed by atoms with van der Waals surface area (Å²) in [6, 6.07) is 4.27. The molecule has 7 heteroatoms. The molecule has 0 aromatic heterocycles. The molecule has 26 heavy (non-hydrogen) atoms. The Morgan fingerprint density at radius 3 is 2.50 bits per heavy atom. The van der Waals surface area contributed by atoms with E-state index in [0.717, 1.165) is 0 Å². The van der Waals surface area contributed by atoms with E-state index in [4.69, 9.17) is 4.74 Å². The number of hydrogen-bond acceptors (Lipinski definition) is 4. The molecule has 0 bridgehead atoms. The molecule has 2 rings (SSSR count). The SMILES string of the molecule is CCOC(=O)C1CCN(C(=O)CN(C)C(=O)c2ccc(C)c(F)c2)CC1. The highest BCUT2D eigenvalue weighted by atomic mass is 19.1. The fourth-order valence-corrected chi connectivity index (χ4v) is 2.95. The first-order chi connectivity index (χ1) is 12.3. The predicted molar refractivity (Wildman–Crippen MR) is 94.0 cm³/mol. The number of carbonyl (C=O) groups excluding carboxylic acids is 3. The number of carbonyl (C=O) groups is 3. The largest absolute Gasteiger partial charge is 0.466 e. The number of piperidine rings is 1. The summed E-state index contributed by atoms with van der Waals surface area (Å²) in [5, 5.41) is 0. The van der Waals surface area contributed by atoms with Gasteiger partial charge in [0.2, 0.25) is 5.91 Å². The third kappa shape index (κ3) is 4.80. The first-order valence-corrected chi connectivity index (χ1v) is 8.79. The molecule has 0 unspecified atom stereocenters. The van der Waals surface area contributed by atoms with E-state index in [9.17, 15) is 18.8 Å². The third-order valence-corrected chi connectivity index (χ3v) is 4.61. The molecule has 2 amide bonds. The minimum atomic E-state index is -0.448. The lowest BCUT2D eigenvalue weighted by Crippen LogP contribution is -2.45. The van der Waals surface area contributed by atoms with Gasteiger partial charge in [-0.15, -0.1) is 0 Å². The van der Waals surface area contributed by atoms with Crippen molar-refractivity contribution in [3.63, 3.8) is 0 Å². The molecular weight excluding hydrogens is 339 g/mol. The minimum absolute atomic E-state index is 0.0849. The number of halogens is 1. The molecule has 1 aliphatic rings. The third-order valence-electron chi connectivity index (χ3n) is 4.61. The summed E-state index contributed by atoms with van der Waals surface area (Å²) in [7, 11) is 1.52. The van der Waals surface area contributed by atoms with Crippen molar-refractivity contribution in [1.82, 2.24) is 9.80 Å². The normalized spacial score (nSPS) is 14.8. The van der Waals surface area contributed by atoms with E-state index in [1.807, 2.05) is 0 Å². The molecule has 0 spiro atoms. The van der Waals surface area contributed by atoms with Gasteiger partial charge in [-0.05, 0) is 44.4 Å². The van der Waals surface area contributed by atoms with Gasteiger partial charge < -0.3 is 14.5 Å². The van der Waals surface area contributed by atoms with Crippen LogP contribution in [0.2, 0.25) is 0 Å². The van der Waals surface area contributed by atoms with Crippen LogP contribution in [0.3, 0.4) is 0 Å². The summed E-state index contributed by atoms with van der Waals surface area (Å²) >= 11 is 0. The number of likely N-dealkylation sites (N-methyl/N-ethyl adjacent to an activating group) is 1. The van der Waals surface area contributed by atoms with Crippen molar-refractivity contribution in [1.29, 1.82) is 0 Å². The summed E-state index contributed by atoms with van der Waals surface area (Å²) in [4.78, 5) is 39.4. The summed E-state index contributed by atoms with van der Waals surface area (Å²) < 4.78 is 18.6. The zero-order chi connectivity index (χ0) is 19.3. The van der Waals surface area contributed by atoms with Crippen LogP contribution in [0.5, 0.6) is 0 Å². The summed E-state index contributed by atoms with van der Waals surface area (Å²) in [6.45, 7) is 4.58. The molecule has 6 nitrogen and oxygen atoms in total. The highest BCUT2D eigenvalue weighted by molar-refractivity contribution is 5.96. The molecule has 0 aliphatic carbocycles. The second-order valence-corrected chi connectivity index (χ2v) is 6.53. The fraction of sp³-hybridized carbons (Fsp3) is 0.526. The van der Waals surface area contributed by atoms with Crippen LogP contribution in [0.1, 0.15) is 35.7 Å². The van der Waals surface area contributed by atoms with Crippen molar-refractivity contribution in [3.8, 4) is 0 Å². The minimum Gasteiger partial charge on any atom is -0.466 e. The smallest absolute Gasteiger partial charge is 0.309 e. The number of likely N-dealkylation sites (tertiary alicyclic amines) is 1. The van der Waals surface area contributed by atoms with E-state index in [2.05, 4.69) is 0 Å². The second-order valence-electron chi connectivity index (χ2n) is 6.53. The monoisotopic (exact) mass is 364 g/mol. The average molecular weight is 364 g/mol. The lowest BCUT2D eigenvalue weighted by Gasteiger charge is -2.32. The second kappa shape index (κ2) is 8.78. The van der Waals surface area contributed by atoms with E-state index in [1.165, 1.54) is 18.0 Å². The Bertz CT molecular complexity index is 684. The lowest BCUT2D eigenvalue weighted by molar-refractivity contribution is -0.151. The molecule has 1 aliphatic heterocycles. The number of nitrogens with zero attached hydrogens (tertiary/aromatic N) is 2. The standard InChI is InChI=1S/C19H25FN2O4/c1-4-26-19(25)14-7-9-22(10-8-14)17(23)12-21(3)18(24)15-6-5-13(2)16(20)11-15/h5-6,11,14H,4,7-10,12H2,1-3H3. The topological polar surface area (TPSA) is 66.9 Å². The number of aryl methyl sites for hydroxylation is 1. The highest BCUT2D eigenvalue weighted by Crippen LogP contribution is 2.19.